The van der Waals surface area contributed by atoms with E-state index in [4.69, 9.17) is 4.74 Å². The van der Waals surface area contributed by atoms with Gasteiger partial charge in [0, 0.05) is 6.08 Å². The lowest BCUT2D eigenvalue weighted by atomic mass is 10.4. The van der Waals surface area contributed by atoms with Gasteiger partial charge >= 0.3 is 5.97 Å². The molecule has 66 valence electrons. The van der Waals surface area contributed by atoms with Crippen LogP contribution in [0.3, 0.4) is 0 Å². The Morgan fingerprint density at radius 1 is 1.58 bits per heavy atom. The molecule has 0 atom stereocenters. The summed E-state index contributed by atoms with van der Waals surface area (Å²) in [7, 11) is 0. The lowest BCUT2D eigenvalue weighted by Crippen LogP contribution is -2.00. The third-order valence-corrected chi connectivity index (χ3v) is 1.10. The number of allylic oxidation sites excluding steroid dienone is 3. The van der Waals surface area contributed by atoms with Crippen molar-refractivity contribution in [2.75, 3.05) is 6.61 Å². The molecular formula is C10H14O2. The number of rotatable bonds is 5. The Morgan fingerprint density at radius 3 is 2.92 bits per heavy atom. The van der Waals surface area contributed by atoms with Gasteiger partial charge in [-0.1, -0.05) is 30.9 Å². The van der Waals surface area contributed by atoms with Crippen LogP contribution in [0, 0.1) is 0 Å². The van der Waals surface area contributed by atoms with E-state index in [1.807, 2.05) is 12.2 Å². The molecule has 0 N–H and O–H groups in total. The van der Waals surface area contributed by atoms with Gasteiger partial charge in [0.05, 0.1) is 6.61 Å². The fourth-order valence-corrected chi connectivity index (χ4v) is 0.604. The molecule has 0 unspecified atom stereocenters. The van der Waals surface area contributed by atoms with Gasteiger partial charge < -0.3 is 4.74 Å². The summed E-state index contributed by atoms with van der Waals surface area (Å²) in [4.78, 5) is 10.7. The Morgan fingerprint density at radius 2 is 2.33 bits per heavy atom. The predicted molar refractivity (Wildman–Crippen MR) is 49.7 cm³/mol. The first-order chi connectivity index (χ1) is 5.81. The fraction of sp³-hybridized carbons (Fsp3) is 0.300. The second-order valence-electron chi connectivity index (χ2n) is 2.12. The number of ether oxygens (including phenoxy) is 1. The van der Waals surface area contributed by atoms with Crippen LogP contribution in [0.4, 0.5) is 0 Å². The SMILES string of the molecule is C=C/C=C/CCOC(=O)/C=C/C. The van der Waals surface area contributed by atoms with Gasteiger partial charge in [-0.25, -0.2) is 4.79 Å². The van der Waals surface area contributed by atoms with E-state index in [0.29, 0.717) is 6.61 Å². The summed E-state index contributed by atoms with van der Waals surface area (Å²) in [5, 5.41) is 0. The molecule has 2 nitrogen and oxygen atoms in total. The van der Waals surface area contributed by atoms with E-state index in [1.54, 1.807) is 19.1 Å². The van der Waals surface area contributed by atoms with Gasteiger partial charge in [0.25, 0.3) is 0 Å². The highest BCUT2D eigenvalue weighted by Crippen LogP contribution is 1.87. The molecule has 0 aromatic rings. The Bertz CT molecular complexity index is 190. The maximum absolute atomic E-state index is 10.7. The quantitative estimate of drug-likeness (QED) is 0.271. The van der Waals surface area contributed by atoms with E-state index >= 15 is 0 Å². The molecule has 0 spiro atoms. The molecule has 0 bridgehead atoms. The summed E-state index contributed by atoms with van der Waals surface area (Å²) in [6.07, 6.45) is 9.20. The van der Waals surface area contributed by atoms with Gasteiger partial charge in [-0.05, 0) is 13.3 Å². The Hall–Kier alpha value is -1.31. The zero-order chi connectivity index (χ0) is 9.23. The van der Waals surface area contributed by atoms with E-state index in [2.05, 4.69) is 6.58 Å². The minimum Gasteiger partial charge on any atom is -0.462 e. The Balaban J connectivity index is 3.37. The van der Waals surface area contributed by atoms with E-state index in [-0.39, 0.29) is 5.97 Å². The van der Waals surface area contributed by atoms with Crippen LogP contribution in [0.5, 0.6) is 0 Å². The molecule has 0 heterocycles. The normalized spacial score (nSPS) is 10.8. The van der Waals surface area contributed by atoms with Crippen LogP contribution in [0.25, 0.3) is 0 Å². The van der Waals surface area contributed by atoms with Gasteiger partial charge in [-0.2, -0.15) is 0 Å². The van der Waals surface area contributed by atoms with Crippen molar-refractivity contribution in [3.8, 4) is 0 Å². The standard InChI is InChI=1S/C10H14O2/c1-3-5-6-7-9-12-10(11)8-4-2/h3-6,8H,1,7,9H2,2H3/b6-5+,8-4+. The number of carbonyl (C=O) groups excluding carboxylic acids is 1. The summed E-state index contributed by atoms with van der Waals surface area (Å²) >= 11 is 0. The molecule has 0 aliphatic carbocycles. The van der Waals surface area contributed by atoms with E-state index < -0.39 is 0 Å². The monoisotopic (exact) mass is 166 g/mol. The van der Waals surface area contributed by atoms with Crippen LogP contribution < -0.4 is 0 Å². The van der Waals surface area contributed by atoms with Gasteiger partial charge in [-0.15, -0.1) is 0 Å². The highest BCUT2D eigenvalue weighted by molar-refractivity contribution is 5.81. The smallest absolute Gasteiger partial charge is 0.330 e. The number of hydrogen-bond acceptors (Lipinski definition) is 2. The van der Waals surface area contributed by atoms with Crippen LogP contribution >= 0.6 is 0 Å². The first kappa shape index (κ1) is 10.7. The molecule has 0 aromatic heterocycles. The molecule has 0 fully saturated rings. The molecule has 0 amide bonds. The largest absolute Gasteiger partial charge is 0.462 e. The maximum atomic E-state index is 10.7. The molecular weight excluding hydrogens is 152 g/mol. The molecule has 2 heteroatoms. The summed E-state index contributed by atoms with van der Waals surface area (Å²) in [6, 6.07) is 0. The van der Waals surface area contributed by atoms with Crippen molar-refractivity contribution in [1.82, 2.24) is 0 Å². The average Bonchev–Trinajstić information content (AvgIpc) is 2.05. The van der Waals surface area contributed by atoms with E-state index in [1.165, 1.54) is 6.08 Å². The minimum atomic E-state index is -0.287. The third kappa shape index (κ3) is 6.81. The Labute approximate surface area is 73.2 Å². The lowest BCUT2D eigenvalue weighted by Gasteiger charge is -1.96. The molecule has 0 saturated carbocycles. The van der Waals surface area contributed by atoms with E-state index in [9.17, 15) is 4.79 Å². The van der Waals surface area contributed by atoms with Crippen molar-refractivity contribution in [3.05, 3.63) is 37.0 Å². The van der Waals surface area contributed by atoms with Crippen molar-refractivity contribution >= 4 is 5.97 Å². The van der Waals surface area contributed by atoms with Gasteiger partial charge in [0.15, 0.2) is 0 Å². The molecule has 0 aromatic carbocycles. The molecule has 0 rings (SSSR count). The van der Waals surface area contributed by atoms with Crippen LogP contribution in [0.15, 0.2) is 37.0 Å². The summed E-state index contributed by atoms with van der Waals surface area (Å²) in [5.74, 6) is -0.287. The second-order valence-corrected chi connectivity index (χ2v) is 2.12. The summed E-state index contributed by atoms with van der Waals surface area (Å²) in [6.45, 7) is 5.72. The van der Waals surface area contributed by atoms with Crippen molar-refractivity contribution in [1.29, 1.82) is 0 Å². The number of hydrogen-bond donors (Lipinski definition) is 0. The highest BCUT2D eigenvalue weighted by atomic mass is 16.5. The summed E-state index contributed by atoms with van der Waals surface area (Å²) < 4.78 is 4.82. The zero-order valence-corrected chi connectivity index (χ0v) is 7.32. The maximum Gasteiger partial charge on any atom is 0.330 e. The second kappa shape index (κ2) is 7.79. The zero-order valence-electron chi connectivity index (χ0n) is 7.32. The molecule has 0 aliphatic rings. The number of esters is 1. The topological polar surface area (TPSA) is 26.3 Å². The fourth-order valence-electron chi connectivity index (χ4n) is 0.604. The lowest BCUT2D eigenvalue weighted by molar-refractivity contribution is -0.137. The van der Waals surface area contributed by atoms with Crippen molar-refractivity contribution in [3.63, 3.8) is 0 Å². The third-order valence-electron chi connectivity index (χ3n) is 1.10. The summed E-state index contributed by atoms with van der Waals surface area (Å²) in [5.41, 5.74) is 0. The van der Waals surface area contributed by atoms with Gasteiger partial charge in [0.1, 0.15) is 0 Å². The van der Waals surface area contributed by atoms with Crippen LogP contribution in [0.2, 0.25) is 0 Å². The van der Waals surface area contributed by atoms with Crippen molar-refractivity contribution in [2.24, 2.45) is 0 Å². The first-order valence-corrected chi connectivity index (χ1v) is 3.88. The van der Waals surface area contributed by atoms with Crippen LogP contribution in [-0.2, 0) is 9.53 Å². The van der Waals surface area contributed by atoms with Gasteiger partial charge in [-0.3, -0.25) is 0 Å². The minimum absolute atomic E-state index is 0.287. The first-order valence-electron chi connectivity index (χ1n) is 3.88. The Kier molecular flexibility index (Phi) is 6.94. The average molecular weight is 166 g/mol. The van der Waals surface area contributed by atoms with Crippen molar-refractivity contribution < 1.29 is 9.53 Å². The van der Waals surface area contributed by atoms with Crippen molar-refractivity contribution in [2.45, 2.75) is 13.3 Å². The number of carbonyl (C=O) groups is 1. The highest BCUT2D eigenvalue weighted by Gasteiger charge is 1.92. The van der Waals surface area contributed by atoms with E-state index in [0.717, 1.165) is 6.42 Å². The van der Waals surface area contributed by atoms with Crippen LogP contribution in [-0.4, -0.2) is 12.6 Å². The predicted octanol–water partition coefficient (Wildman–Crippen LogP) is 2.24. The molecule has 0 saturated heterocycles. The van der Waals surface area contributed by atoms with Gasteiger partial charge in [0.2, 0.25) is 0 Å². The molecule has 0 radical (unpaired) electrons. The van der Waals surface area contributed by atoms with Crippen LogP contribution in [0.1, 0.15) is 13.3 Å². The molecule has 0 aliphatic heterocycles. The molecule has 12 heavy (non-hydrogen) atoms.